The Morgan fingerprint density at radius 2 is 1.92 bits per heavy atom. The lowest BCUT2D eigenvalue weighted by Gasteiger charge is -2.59. The molecule has 3 N–H and O–H groups in total. The van der Waals surface area contributed by atoms with Crippen molar-refractivity contribution in [2.45, 2.75) is 82.4 Å². The molecule has 2 amide bonds. The summed E-state index contributed by atoms with van der Waals surface area (Å²) in [6, 6.07) is 13.1. The quantitative estimate of drug-likeness (QED) is 0.220. The molecule has 12 heteroatoms. The van der Waals surface area contributed by atoms with E-state index >= 15 is 0 Å². The minimum Gasteiger partial charge on any atom is -0.507 e. The van der Waals surface area contributed by atoms with E-state index in [2.05, 4.69) is 48.2 Å². The van der Waals surface area contributed by atoms with Gasteiger partial charge in [-0.3, -0.25) is 9.59 Å². The van der Waals surface area contributed by atoms with Crippen molar-refractivity contribution in [1.82, 2.24) is 30.1 Å². The van der Waals surface area contributed by atoms with Gasteiger partial charge in [0.05, 0.1) is 23.9 Å². The first-order valence-electron chi connectivity index (χ1n) is 17.7. The van der Waals surface area contributed by atoms with E-state index in [1.807, 2.05) is 38.1 Å². The zero-order valence-electron chi connectivity index (χ0n) is 28.5. The molecule has 8 rings (SSSR count). The van der Waals surface area contributed by atoms with E-state index in [0.717, 1.165) is 49.8 Å². The second kappa shape index (κ2) is 12.5. The van der Waals surface area contributed by atoms with Gasteiger partial charge in [-0.05, 0) is 62.3 Å². The molecule has 4 aliphatic rings. The lowest BCUT2D eigenvalue weighted by atomic mass is 9.57. The molecule has 260 valence electrons. The highest BCUT2D eigenvalue weighted by atomic mass is 16.5. The van der Waals surface area contributed by atoms with Crippen LogP contribution in [0.15, 0.2) is 47.0 Å². The number of para-hydroxylation sites is 1. The number of phenols is 1. The highest BCUT2D eigenvalue weighted by Crippen LogP contribution is 2.58. The van der Waals surface area contributed by atoms with E-state index in [1.165, 1.54) is 17.0 Å². The minimum atomic E-state index is -0.786. The number of rotatable bonds is 9. The van der Waals surface area contributed by atoms with Crippen molar-refractivity contribution in [3.63, 3.8) is 0 Å². The molecule has 2 aliphatic heterocycles. The topological polar surface area (TPSA) is 150 Å². The molecule has 4 fully saturated rings. The molecule has 1 unspecified atom stereocenters. The number of terminal acetylenes is 1. The maximum Gasteiger partial charge on any atom is 0.243 e. The van der Waals surface area contributed by atoms with E-state index in [4.69, 9.17) is 10.9 Å². The van der Waals surface area contributed by atoms with Crippen LogP contribution < -0.4 is 10.2 Å². The number of benzene rings is 1. The Hall–Kier alpha value is -4.89. The third kappa shape index (κ3) is 5.48. The van der Waals surface area contributed by atoms with Crippen LogP contribution in [-0.2, 0) is 9.59 Å². The molecule has 2 aliphatic carbocycles. The predicted molar refractivity (Wildman–Crippen MR) is 186 cm³/mol. The predicted octanol–water partition coefficient (Wildman–Crippen LogP) is 4.35. The molecule has 0 radical (unpaired) electrons. The Morgan fingerprint density at radius 3 is 2.62 bits per heavy atom. The number of fused-ring (bicyclic) bond motifs is 1. The molecule has 50 heavy (non-hydrogen) atoms. The minimum absolute atomic E-state index is 0.0605. The zero-order chi connectivity index (χ0) is 34.7. The van der Waals surface area contributed by atoms with Crippen molar-refractivity contribution < 1.29 is 24.3 Å². The van der Waals surface area contributed by atoms with Gasteiger partial charge in [0, 0.05) is 60.8 Å². The Morgan fingerprint density at radius 1 is 1.14 bits per heavy atom. The Labute approximate surface area is 290 Å². The summed E-state index contributed by atoms with van der Waals surface area (Å²) in [5, 5.41) is 36.9. The van der Waals surface area contributed by atoms with Crippen molar-refractivity contribution in [1.29, 1.82) is 0 Å². The number of amides is 2. The lowest BCUT2D eigenvalue weighted by Crippen LogP contribution is -2.62. The molecule has 2 saturated heterocycles. The van der Waals surface area contributed by atoms with Crippen molar-refractivity contribution in [3.8, 4) is 29.4 Å². The molecular weight excluding hydrogens is 634 g/mol. The van der Waals surface area contributed by atoms with Gasteiger partial charge in [-0.2, -0.15) is 0 Å². The smallest absolute Gasteiger partial charge is 0.243 e. The molecule has 4 aromatic rings. The second-order valence-electron chi connectivity index (χ2n) is 15.1. The number of anilines is 1. The number of hydrogen-bond donors (Lipinski definition) is 3. The van der Waals surface area contributed by atoms with Crippen LogP contribution in [0.4, 0.5) is 5.82 Å². The molecule has 0 bridgehead atoms. The number of β-amino-alcohol motifs (C(OH)–C–C–N with tert-alkyl or cyclic N) is 1. The summed E-state index contributed by atoms with van der Waals surface area (Å²) in [4.78, 5) is 30.3. The normalized spacial score (nSPS) is 22.3. The molecule has 1 spiro atoms. The third-order valence-corrected chi connectivity index (χ3v) is 11.4. The molecule has 2 saturated carbocycles. The Bertz CT molecular complexity index is 1980. The van der Waals surface area contributed by atoms with E-state index < -0.39 is 18.1 Å². The number of hydrogen-bond acceptors (Lipinski definition) is 9. The lowest BCUT2D eigenvalue weighted by molar-refractivity contribution is -0.140. The largest absolute Gasteiger partial charge is 0.507 e. The van der Waals surface area contributed by atoms with Crippen LogP contribution in [0.2, 0.25) is 0 Å². The summed E-state index contributed by atoms with van der Waals surface area (Å²) in [5.41, 5.74) is 4.88. The van der Waals surface area contributed by atoms with Crippen LogP contribution in [-0.4, -0.2) is 85.2 Å². The highest BCUT2D eigenvalue weighted by molar-refractivity contribution is 5.91. The number of aromatic hydroxyl groups is 1. The number of aliphatic hydroxyl groups is 1. The zero-order valence-corrected chi connectivity index (χ0v) is 28.5. The number of nitrogens with one attached hydrogen (secondary N) is 1. The van der Waals surface area contributed by atoms with Crippen LogP contribution in [0, 0.1) is 23.7 Å². The van der Waals surface area contributed by atoms with Crippen LogP contribution in [0.25, 0.3) is 22.3 Å². The monoisotopic (exact) mass is 677 g/mol. The molecule has 12 nitrogen and oxygen atoms in total. The summed E-state index contributed by atoms with van der Waals surface area (Å²) in [7, 11) is 0. The Kier molecular flexibility index (Phi) is 8.06. The van der Waals surface area contributed by atoms with Gasteiger partial charge in [0.25, 0.3) is 0 Å². The molecule has 3 atom stereocenters. The van der Waals surface area contributed by atoms with E-state index in [1.54, 1.807) is 6.07 Å². The number of carbonyl (C=O) groups excluding carboxylic acids is 2. The number of likely N-dealkylation sites (tertiary alicyclic amines) is 1. The first-order valence-corrected chi connectivity index (χ1v) is 17.7. The van der Waals surface area contributed by atoms with Gasteiger partial charge >= 0.3 is 0 Å². The third-order valence-electron chi connectivity index (χ3n) is 11.4. The van der Waals surface area contributed by atoms with Crippen LogP contribution in [0.3, 0.4) is 0 Å². The van der Waals surface area contributed by atoms with Gasteiger partial charge in [0.2, 0.25) is 11.8 Å². The van der Waals surface area contributed by atoms with Crippen molar-refractivity contribution >= 4 is 28.7 Å². The fourth-order valence-electron chi connectivity index (χ4n) is 8.65. The van der Waals surface area contributed by atoms with E-state index in [0.29, 0.717) is 34.8 Å². The van der Waals surface area contributed by atoms with Gasteiger partial charge in [-0.15, -0.1) is 16.6 Å². The maximum absolute atomic E-state index is 13.9. The van der Waals surface area contributed by atoms with E-state index in [9.17, 15) is 19.8 Å². The molecule has 3 aromatic heterocycles. The van der Waals surface area contributed by atoms with Gasteiger partial charge in [-0.25, -0.2) is 0 Å². The first-order chi connectivity index (χ1) is 24.1. The Balaban J connectivity index is 0.955. The number of aliphatic hydroxyl groups excluding tert-OH is 1. The average Bonchev–Trinajstić information content (AvgIpc) is 3.76. The van der Waals surface area contributed by atoms with Crippen LogP contribution >= 0.6 is 0 Å². The summed E-state index contributed by atoms with van der Waals surface area (Å²) in [5.74, 6) is 2.80. The number of carbonyl (C=O) groups is 2. The number of nitrogens with zero attached hydrogens (tertiary/aromatic N) is 6. The van der Waals surface area contributed by atoms with Crippen molar-refractivity contribution in [2.75, 3.05) is 31.1 Å². The van der Waals surface area contributed by atoms with Crippen LogP contribution in [0.5, 0.6) is 5.75 Å². The van der Waals surface area contributed by atoms with E-state index in [-0.39, 0.29) is 48.4 Å². The fraction of sp³-hybridized carbons (Fsp3) is 0.500. The van der Waals surface area contributed by atoms with Gasteiger partial charge < -0.3 is 34.4 Å². The maximum atomic E-state index is 13.9. The number of phenolic OH excluding ortho intramolecular Hbond substituents is 1. The van der Waals surface area contributed by atoms with Gasteiger partial charge in [0.1, 0.15) is 23.2 Å². The molecular formula is C38H43N7O5. The fourth-order valence-corrected chi connectivity index (χ4v) is 8.65. The molecule has 5 heterocycles. The molecule has 1 aromatic carbocycles. The SMILES string of the molecule is C#CCNC(=O)[C@@H]1C[C@@H](O)CN1C(=O)C(c1cc(N2CC3(CC(c4cc5nnc(-c6ccccc6O)cc5n4C4CCC4)C3)C2)no1)C(C)C. The van der Waals surface area contributed by atoms with Crippen molar-refractivity contribution in [2.24, 2.45) is 11.3 Å². The summed E-state index contributed by atoms with van der Waals surface area (Å²) in [6.07, 6.45) is 10.4. The van der Waals surface area contributed by atoms with Crippen molar-refractivity contribution in [3.05, 3.63) is 53.9 Å². The first kappa shape index (κ1) is 32.3. The standard InChI is InChI=1S/C38H43N7O5/c1-4-12-39-36(48)31-13-25(46)19-44(31)37(49)35(22(2)3)33-16-34(42-50-33)43-20-38(21-43)17-23(18-38)29-15-28-30(45(29)24-8-7-9-24)14-27(40-41-28)26-10-5-6-11-32(26)47/h1,5-6,10-11,14-16,22-25,31,35,46-47H,7-9,12-13,17-21H2,2-3H3,(H,39,48)/t25-,31+,35?/m1/s1. The summed E-state index contributed by atoms with van der Waals surface area (Å²) >= 11 is 0. The summed E-state index contributed by atoms with van der Waals surface area (Å²) < 4.78 is 8.31. The average molecular weight is 678 g/mol. The highest BCUT2D eigenvalue weighted by Gasteiger charge is 2.54. The summed E-state index contributed by atoms with van der Waals surface area (Å²) in [6.45, 7) is 5.76. The second-order valence-corrected chi connectivity index (χ2v) is 15.1. The van der Waals surface area contributed by atoms with Gasteiger partial charge in [0.15, 0.2) is 11.6 Å². The van der Waals surface area contributed by atoms with Gasteiger partial charge in [-0.1, -0.05) is 37.1 Å². The number of aromatic nitrogens is 4. The van der Waals surface area contributed by atoms with Crippen LogP contribution in [0.1, 0.15) is 81.7 Å².